The molecule has 1 radical (unpaired) electrons. The van der Waals surface area contributed by atoms with E-state index in [1.165, 1.54) is 0 Å². The standard InChI is InChI=1S/C5H7O4/c1-3(5(8)9)2-4(6)7/h3H,1-2H2,(H,6,7)(H,8,9). The molecule has 0 aliphatic carbocycles. The predicted octanol–water partition coefficient (Wildman–Crippen LogP) is -0.00401. The summed E-state index contributed by atoms with van der Waals surface area (Å²) in [4.78, 5) is 19.7. The number of carbonyl (C=O) groups is 2. The van der Waals surface area contributed by atoms with Gasteiger partial charge in [0.25, 0.3) is 0 Å². The average molecular weight is 131 g/mol. The summed E-state index contributed by atoms with van der Waals surface area (Å²) in [7, 11) is 0. The van der Waals surface area contributed by atoms with Gasteiger partial charge in [0.15, 0.2) is 0 Å². The Bertz CT molecular complexity index is 129. The van der Waals surface area contributed by atoms with Gasteiger partial charge >= 0.3 is 11.9 Å². The predicted molar refractivity (Wildman–Crippen MR) is 28.7 cm³/mol. The lowest BCUT2D eigenvalue weighted by atomic mass is 10.1. The first-order valence-corrected chi connectivity index (χ1v) is 2.31. The van der Waals surface area contributed by atoms with Crippen LogP contribution in [-0.4, -0.2) is 22.2 Å². The van der Waals surface area contributed by atoms with E-state index in [0.717, 1.165) is 0 Å². The molecule has 0 amide bonds. The first kappa shape index (κ1) is 7.94. The van der Waals surface area contributed by atoms with E-state index in [1.807, 2.05) is 0 Å². The number of carboxylic acid groups (broad SMARTS) is 2. The van der Waals surface area contributed by atoms with Crippen LogP contribution >= 0.6 is 0 Å². The van der Waals surface area contributed by atoms with Crippen LogP contribution in [0.2, 0.25) is 0 Å². The number of rotatable bonds is 3. The van der Waals surface area contributed by atoms with Crippen LogP contribution in [0.3, 0.4) is 0 Å². The Labute approximate surface area is 52.1 Å². The summed E-state index contributed by atoms with van der Waals surface area (Å²) in [6, 6.07) is 0. The molecule has 0 bridgehead atoms. The second-order valence-corrected chi connectivity index (χ2v) is 1.63. The number of aliphatic carboxylic acids is 2. The molecule has 0 aromatic rings. The SMILES string of the molecule is [CH2]C(CC(=O)O)C(=O)O. The number of hydrogen-bond donors (Lipinski definition) is 2. The van der Waals surface area contributed by atoms with Crippen LogP contribution in [0.5, 0.6) is 0 Å². The van der Waals surface area contributed by atoms with E-state index in [2.05, 4.69) is 6.92 Å². The van der Waals surface area contributed by atoms with Gasteiger partial charge in [0.2, 0.25) is 0 Å². The topological polar surface area (TPSA) is 74.6 Å². The van der Waals surface area contributed by atoms with Crippen molar-refractivity contribution in [2.45, 2.75) is 6.42 Å². The minimum Gasteiger partial charge on any atom is -0.481 e. The minimum absolute atomic E-state index is 0.421. The lowest BCUT2D eigenvalue weighted by Gasteiger charge is -1.98. The summed E-state index contributed by atoms with van der Waals surface area (Å²) in [5.41, 5.74) is 0. The smallest absolute Gasteiger partial charge is 0.307 e. The molecule has 9 heavy (non-hydrogen) atoms. The Morgan fingerprint density at radius 1 is 1.44 bits per heavy atom. The van der Waals surface area contributed by atoms with Crippen molar-refractivity contribution in [1.29, 1.82) is 0 Å². The fourth-order valence-electron chi connectivity index (χ4n) is 0.298. The molecule has 0 saturated carbocycles. The molecule has 1 unspecified atom stereocenters. The third-order valence-electron chi connectivity index (χ3n) is 0.770. The Balaban J connectivity index is 3.63. The van der Waals surface area contributed by atoms with Crippen LogP contribution in [-0.2, 0) is 9.59 Å². The summed E-state index contributed by atoms with van der Waals surface area (Å²) < 4.78 is 0. The van der Waals surface area contributed by atoms with Gasteiger partial charge in [0, 0.05) is 0 Å². The minimum atomic E-state index is -1.18. The lowest BCUT2D eigenvalue weighted by molar-refractivity contribution is -0.146. The summed E-state index contributed by atoms with van der Waals surface area (Å²) in [6.45, 7) is 3.10. The Morgan fingerprint density at radius 3 is 2.00 bits per heavy atom. The van der Waals surface area contributed by atoms with Crippen LogP contribution in [0.15, 0.2) is 0 Å². The molecule has 0 aliphatic rings. The molecule has 0 rings (SSSR count). The van der Waals surface area contributed by atoms with E-state index < -0.39 is 24.3 Å². The van der Waals surface area contributed by atoms with Crippen molar-refractivity contribution in [3.63, 3.8) is 0 Å². The van der Waals surface area contributed by atoms with E-state index in [0.29, 0.717) is 0 Å². The molecule has 0 fully saturated rings. The first-order valence-electron chi connectivity index (χ1n) is 2.31. The second-order valence-electron chi connectivity index (χ2n) is 1.63. The van der Waals surface area contributed by atoms with Crippen molar-refractivity contribution in [1.82, 2.24) is 0 Å². The molecule has 0 saturated heterocycles. The van der Waals surface area contributed by atoms with Gasteiger partial charge < -0.3 is 10.2 Å². The number of carboxylic acids is 2. The largest absolute Gasteiger partial charge is 0.481 e. The monoisotopic (exact) mass is 131 g/mol. The van der Waals surface area contributed by atoms with E-state index >= 15 is 0 Å². The zero-order chi connectivity index (χ0) is 7.44. The molecule has 0 aromatic heterocycles. The van der Waals surface area contributed by atoms with Gasteiger partial charge in [-0.25, -0.2) is 0 Å². The lowest BCUT2D eigenvalue weighted by Crippen LogP contribution is -2.14. The Kier molecular flexibility index (Phi) is 2.70. The van der Waals surface area contributed by atoms with Crippen molar-refractivity contribution >= 4 is 11.9 Å². The van der Waals surface area contributed by atoms with Crippen LogP contribution in [0.4, 0.5) is 0 Å². The summed E-state index contributed by atoms with van der Waals surface area (Å²) in [5.74, 6) is -3.36. The highest BCUT2D eigenvalue weighted by Crippen LogP contribution is 1.99. The molecule has 2 N–H and O–H groups in total. The van der Waals surface area contributed by atoms with Gasteiger partial charge in [0.05, 0.1) is 12.3 Å². The molecule has 1 atom stereocenters. The fourth-order valence-corrected chi connectivity index (χ4v) is 0.298. The Morgan fingerprint density at radius 2 is 1.89 bits per heavy atom. The van der Waals surface area contributed by atoms with Crippen molar-refractivity contribution < 1.29 is 19.8 Å². The molecule has 0 aromatic carbocycles. The third kappa shape index (κ3) is 3.52. The number of hydrogen-bond acceptors (Lipinski definition) is 2. The van der Waals surface area contributed by atoms with Crippen LogP contribution in [0.1, 0.15) is 6.42 Å². The van der Waals surface area contributed by atoms with Gasteiger partial charge in [0.1, 0.15) is 0 Å². The molecule has 0 spiro atoms. The van der Waals surface area contributed by atoms with Crippen molar-refractivity contribution in [3.8, 4) is 0 Å². The van der Waals surface area contributed by atoms with Crippen molar-refractivity contribution in [2.75, 3.05) is 0 Å². The van der Waals surface area contributed by atoms with Gasteiger partial charge in [-0.2, -0.15) is 0 Å². The maximum absolute atomic E-state index is 9.91. The third-order valence-corrected chi connectivity index (χ3v) is 0.770. The molecule has 0 aliphatic heterocycles. The van der Waals surface area contributed by atoms with E-state index in [9.17, 15) is 9.59 Å². The van der Waals surface area contributed by atoms with Crippen molar-refractivity contribution in [3.05, 3.63) is 6.92 Å². The second kappa shape index (κ2) is 3.06. The van der Waals surface area contributed by atoms with Gasteiger partial charge in [-0.15, -0.1) is 0 Å². The highest BCUT2D eigenvalue weighted by molar-refractivity contribution is 5.78. The van der Waals surface area contributed by atoms with Gasteiger partial charge in [-0.3, -0.25) is 9.59 Å². The molecule has 4 nitrogen and oxygen atoms in total. The first-order chi connectivity index (χ1) is 4.04. The molecule has 0 heterocycles. The van der Waals surface area contributed by atoms with Gasteiger partial charge in [-0.1, -0.05) is 0 Å². The highest BCUT2D eigenvalue weighted by Gasteiger charge is 2.14. The maximum Gasteiger partial charge on any atom is 0.307 e. The van der Waals surface area contributed by atoms with E-state index in [1.54, 1.807) is 0 Å². The quantitative estimate of drug-likeness (QED) is 0.565. The molecular weight excluding hydrogens is 124 g/mol. The fraction of sp³-hybridized carbons (Fsp3) is 0.400. The van der Waals surface area contributed by atoms with Crippen LogP contribution in [0, 0.1) is 12.8 Å². The van der Waals surface area contributed by atoms with Gasteiger partial charge in [-0.05, 0) is 6.92 Å². The summed E-state index contributed by atoms with van der Waals surface area (Å²) in [5, 5.41) is 16.1. The summed E-state index contributed by atoms with van der Waals surface area (Å²) in [6.07, 6.45) is -0.421. The zero-order valence-electron chi connectivity index (χ0n) is 4.70. The molecule has 51 valence electrons. The molecule has 4 heteroatoms. The van der Waals surface area contributed by atoms with Crippen LogP contribution < -0.4 is 0 Å². The Hall–Kier alpha value is -1.06. The van der Waals surface area contributed by atoms with Crippen LogP contribution in [0.25, 0.3) is 0 Å². The molecular formula is C5H7O4. The van der Waals surface area contributed by atoms with Crippen molar-refractivity contribution in [2.24, 2.45) is 5.92 Å². The average Bonchev–Trinajstić information content (AvgIpc) is 1.63. The van der Waals surface area contributed by atoms with E-state index in [-0.39, 0.29) is 0 Å². The van der Waals surface area contributed by atoms with E-state index in [4.69, 9.17) is 10.2 Å². The maximum atomic E-state index is 9.91. The normalized spacial score (nSPS) is 12.6. The zero-order valence-corrected chi connectivity index (χ0v) is 4.70. The highest BCUT2D eigenvalue weighted by atomic mass is 16.4. The summed E-state index contributed by atoms with van der Waals surface area (Å²) >= 11 is 0.